The highest BCUT2D eigenvalue weighted by atomic mass is 19.4. The van der Waals surface area contributed by atoms with Crippen molar-refractivity contribution in [2.45, 2.75) is 65.7 Å². The minimum Gasteiger partial charge on any atom is -0.399 e. The van der Waals surface area contributed by atoms with Crippen LogP contribution >= 0.6 is 0 Å². The Morgan fingerprint density at radius 1 is 1.28 bits per heavy atom. The lowest BCUT2D eigenvalue weighted by Crippen LogP contribution is -2.37. The van der Waals surface area contributed by atoms with Gasteiger partial charge in [-0.05, 0) is 44.0 Å². The van der Waals surface area contributed by atoms with E-state index < -0.39 is 17.8 Å². The van der Waals surface area contributed by atoms with Crippen molar-refractivity contribution in [3.63, 3.8) is 0 Å². The van der Waals surface area contributed by atoms with E-state index in [0.29, 0.717) is 55.3 Å². The molecule has 1 aliphatic rings. The summed E-state index contributed by atoms with van der Waals surface area (Å²) in [5.74, 6) is 1.53. The third-order valence-electron chi connectivity index (χ3n) is 5.96. The van der Waals surface area contributed by atoms with E-state index >= 15 is 0 Å². The number of allylic oxidation sites excluding steroid dienone is 1. The van der Waals surface area contributed by atoms with E-state index in [1.54, 1.807) is 17.9 Å². The van der Waals surface area contributed by atoms with Gasteiger partial charge in [0.1, 0.15) is 11.6 Å². The average Bonchev–Trinajstić information content (AvgIpc) is 3.23. The average molecular weight is 504 g/mol. The molecular weight excluding hydrogens is 471 g/mol. The van der Waals surface area contributed by atoms with Crippen LogP contribution in [0.1, 0.15) is 67.9 Å². The molecule has 1 unspecified atom stereocenters. The van der Waals surface area contributed by atoms with Crippen LogP contribution in [0.5, 0.6) is 0 Å². The van der Waals surface area contributed by atoms with Crippen molar-refractivity contribution >= 4 is 23.2 Å². The third-order valence-corrected chi connectivity index (χ3v) is 5.96. The second kappa shape index (κ2) is 11.0. The summed E-state index contributed by atoms with van der Waals surface area (Å²) in [5, 5.41) is 11.5. The number of carbonyl (C=O) groups is 1. The van der Waals surface area contributed by atoms with Crippen molar-refractivity contribution in [2.75, 3.05) is 17.6 Å². The first-order chi connectivity index (χ1) is 17.1. The van der Waals surface area contributed by atoms with E-state index in [4.69, 9.17) is 5.73 Å². The van der Waals surface area contributed by atoms with Crippen LogP contribution in [0.2, 0.25) is 0 Å². The Labute approximate surface area is 208 Å². The number of hydrogen-bond acceptors (Lipinski definition) is 6. The quantitative estimate of drug-likeness (QED) is 0.359. The van der Waals surface area contributed by atoms with E-state index in [-0.39, 0.29) is 11.6 Å². The molecule has 1 aromatic carbocycles. The van der Waals surface area contributed by atoms with Crippen LogP contribution in [0.3, 0.4) is 0 Å². The Morgan fingerprint density at radius 3 is 2.67 bits per heavy atom. The smallest absolute Gasteiger partial charge is 0.399 e. The molecule has 8 nitrogen and oxygen atoms in total. The fraction of sp³-hybridized carbons (Fsp3) is 0.440. The zero-order valence-corrected chi connectivity index (χ0v) is 21.0. The van der Waals surface area contributed by atoms with E-state index in [1.807, 2.05) is 25.2 Å². The van der Waals surface area contributed by atoms with Crippen LogP contribution < -0.4 is 11.1 Å². The van der Waals surface area contributed by atoms with Crippen molar-refractivity contribution in [3.05, 3.63) is 59.1 Å². The summed E-state index contributed by atoms with van der Waals surface area (Å²) < 4.78 is 41.8. The van der Waals surface area contributed by atoms with Gasteiger partial charge in [-0.1, -0.05) is 19.9 Å². The van der Waals surface area contributed by atoms with Gasteiger partial charge < -0.3 is 16.0 Å². The van der Waals surface area contributed by atoms with Gasteiger partial charge in [0.15, 0.2) is 0 Å². The molecule has 0 saturated heterocycles. The second-order valence-corrected chi connectivity index (χ2v) is 8.41. The van der Waals surface area contributed by atoms with Crippen LogP contribution in [0.25, 0.3) is 5.78 Å². The summed E-state index contributed by atoms with van der Waals surface area (Å²) >= 11 is 0. The number of fused-ring (bicyclic) bond motifs is 3. The highest BCUT2D eigenvalue weighted by Crippen LogP contribution is 2.34. The van der Waals surface area contributed by atoms with Crippen LogP contribution in [-0.4, -0.2) is 36.9 Å². The molecule has 0 saturated carbocycles. The Balaban J connectivity index is 0.00000176. The molecule has 3 heterocycles. The van der Waals surface area contributed by atoms with Gasteiger partial charge in [-0.3, -0.25) is 9.20 Å². The Bertz CT molecular complexity index is 1250. The Hall–Kier alpha value is -3.63. The number of anilines is 2. The molecule has 0 fully saturated rings. The van der Waals surface area contributed by atoms with E-state index in [0.717, 1.165) is 23.4 Å². The number of rotatable bonds is 6. The topological polar surface area (TPSA) is 101 Å². The van der Waals surface area contributed by atoms with E-state index in [1.165, 1.54) is 6.07 Å². The molecule has 2 aromatic heterocycles. The number of benzene rings is 1. The molecule has 194 valence electrons. The number of halogens is 3. The lowest BCUT2D eigenvalue weighted by Gasteiger charge is -2.31. The molecule has 0 radical (unpaired) electrons. The predicted octanol–water partition coefficient (Wildman–Crippen LogP) is 5.08. The van der Waals surface area contributed by atoms with Crippen molar-refractivity contribution < 1.29 is 18.0 Å². The number of alkyl halides is 3. The summed E-state index contributed by atoms with van der Waals surface area (Å²) in [4.78, 5) is 19.0. The van der Waals surface area contributed by atoms with Crippen LogP contribution in [0.15, 0.2) is 30.9 Å². The highest BCUT2D eigenvalue weighted by molar-refractivity contribution is 5.77. The van der Waals surface area contributed by atoms with Crippen molar-refractivity contribution in [1.29, 1.82) is 0 Å². The largest absolute Gasteiger partial charge is 0.416 e. The number of nitrogens with zero attached hydrogens (tertiary/aromatic N) is 5. The first-order valence-electron chi connectivity index (χ1n) is 11.9. The van der Waals surface area contributed by atoms with Crippen LogP contribution in [-0.2, 0) is 23.9 Å². The molecule has 4 rings (SSSR count). The number of nitrogens with one attached hydrogen (secondary N) is 1. The van der Waals surface area contributed by atoms with Gasteiger partial charge in [0.25, 0.3) is 5.78 Å². The first kappa shape index (κ1) is 27.0. The maximum absolute atomic E-state index is 13.3. The van der Waals surface area contributed by atoms with E-state index in [2.05, 4.69) is 27.1 Å². The van der Waals surface area contributed by atoms with Gasteiger partial charge in [0, 0.05) is 36.3 Å². The maximum Gasteiger partial charge on any atom is 0.416 e. The lowest BCUT2D eigenvalue weighted by atomic mass is 10.0. The normalized spacial score (nSPS) is 14.0. The molecule has 1 atom stereocenters. The molecule has 3 N–H and O–H groups in total. The van der Waals surface area contributed by atoms with Crippen molar-refractivity contribution in [2.24, 2.45) is 0 Å². The number of nitrogen functional groups attached to an aromatic ring is 1. The summed E-state index contributed by atoms with van der Waals surface area (Å²) in [6.07, 6.45) is -1.28. The molecule has 0 spiro atoms. The van der Waals surface area contributed by atoms with Crippen LogP contribution in [0.4, 0.5) is 24.7 Å². The van der Waals surface area contributed by atoms with E-state index in [9.17, 15) is 18.0 Å². The molecule has 0 bridgehead atoms. The molecular formula is C25H32F3N7O. The van der Waals surface area contributed by atoms with Crippen molar-refractivity contribution in [1.82, 2.24) is 24.5 Å². The number of nitrogens with two attached hydrogens (primary N) is 1. The fourth-order valence-corrected chi connectivity index (χ4v) is 4.21. The predicted molar refractivity (Wildman–Crippen MR) is 133 cm³/mol. The standard InChI is InChI=1S/C23H26F3N7O.C2H6/c1-4-5-6-20(34)32-8-7-19-18(12-32)21(29-22-31-30-14(3)33(19)22)28-13(2)15-9-16(23(24,25)26)11-17(27)10-15;1-2/h4,9-11,13H,1,5-8,12,27H2,2-3H3,(H,28,29,31);1-2H3. The third kappa shape index (κ3) is 5.60. The zero-order chi connectivity index (χ0) is 26.6. The monoisotopic (exact) mass is 503 g/mol. The highest BCUT2D eigenvalue weighted by Gasteiger charge is 2.32. The molecule has 36 heavy (non-hydrogen) atoms. The minimum atomic E-state index is -4.51. The molecule has 0 aliphatic carbocycles. The zero-order valence-electron chi connectivity index (χ0n) is 21.0. The van der Waals surface area contributed by atoms with Gasteiger partial charge in [0.05, 0.1) is 18.2 Å². The van der Waals surface area contributed by atoms with Gasteiger partial charge in [-0.2, -0.15) is 18.2 Å². The number of aromatic nitrogens is 4. The summed E-state index contributed by atoms with van der Waals surface area (Å²) in [7, 11) is 0. The molecule has 1 amide bonds. The number of aryl methyl sites for hydroxylation is 1. The fourth-order valence-electron chi connectivity index (χ4n) is 4.21. The summed E-state index contributed by atoms with van der Waals surface area (Å²) in [6, 6.07) is 2.95. The Morgan fingerprint density at radius 2 is 2.00 bits per heavy atom. The number of hydrogen-bond donors (Lipinski definition) is 2. The molecule has 1 aliphatic heterocycles. The number of amides is 1. The molecule has 3 aromatic rings. The maximum atomic E-state index is 13.3. The summed E-state index contributed by atoms with van der Waals surface area (Å²) in [5.41, 5.74) is 7.05. The van der Waals surface area contributed by atoms with Gasteiger partial charge in [0.2, 0.25) is 5.91 Å². The molecule has 11 heteroatoms. The number of carbonyl (C=O) groups excluding carboxylic acids is 1. The lowest BCUT2D eigenvalue weighted by molar-refractivity contribution is -0.137. The summed E-state index contributed by atoms with van der Waals surface area (Å²) in [6.45, 7) is 12.1. The van der Waals surface area contributed by atoms with Gasteiger partial charge in [-0.15, -0.1) is 16.8 Å². The van der Waals surface area contributed by atoms with Crippen LogP contribution in [0, 0.1) is 6.92 Å². The Kier molecular flexibility index (Phi) is 8.21. The van der Waals surface area contributed by atoms with Gasteiger partial charge in [-0.25, -0.2) is 0 Å². The second-order valence-electron chi connectivity index (χ2n) is 8.41. The minimum absolute atomic E-state index is 0.00998. The van der Waals surface area contributed by atoms with Crippen molar-refractivity contribution in [3.8, 4) is 0 Å². The van der Waals surface area contributed by atoms with Gasteiger partial charge >= 0.3 is 6.18 Å². The first-order valence-corrected chi connectivity index (χ1v) is 11.9. The SMILES string of the molecule is C=CCCC(=O)N1CCc2c(c(NC(C)c3cc(N)cc(C(F)(F)F)c3)nc3nnc(C)n23)C1.CC.